The van der Waals surface area contributed by atoms with Gasteiger partial charge < -0.3 is 42.6 Å². The normalized spacial score (nSPS) is 15.0. The number of rotatable bonds is 16. The van der Waals surface area contributed by atoms with Crippen LogP contribution in [-0.4, -0.2) is 79.9 Å². The summed E-state index contributed by atoms with van der Waals surface area (Å²) in [7, 11) is 0. The molecule has 4 amide bonds. The Morgan fingerprint density at radius 3 is 2.17 bits per heavy atom. The van der Waals surface area contributed by atoms with Crippen molar-refractivity contribution in [3.8, 4) is 0 Å². The van der Waals surface area contributed by atoms with Gasteiger partial charge in [0.25, 0.3) is 0 Å². The Hall–Kier alpha value is -4.01. The number of aromatic nitrogens is 2. The minimum absolute atomic E-state index is 0.0860. The molecule has 0 spiro atoms. The molecule has 1 heterocycles. The molecule has 36 heavy (non-hydrogen) atoms. The van der Waals surface area contributed by atoms with E-state index in [1.54, 1.807) is 13.8 Å². The Labute approximate surface area is 206 Å². The molecule has 5 atom stereocenters. The standard InChI is InChI=1S/C21H33N7O8/c1-3-10(2)17(20(34)27-14(21(35)36)6-11-8-24-9-25-11)28-19(33)13(4-5-16(30)31)26-18(32)12(22)7-15(23)29/h8-10,12-14,17H,3-7,22H2,1-2H3,(H2,23,29)(H,24,25)(H,26,32)(H,27,34)(H,28,33)(H,30,31)(H,35,36). The molecule has 10 N–H and O–H groups in total. The summed E-state index contributed by atoms with van der Waals surface area (Å²) in [6.07, 6.45) is 1.79. The molecule has 0 aliphatic carbocycles. The lowest BCUT2D eigenvalue weighted by Crippen LogP contribution is -2.59. The highest BCUT2D eigenvalue weighted by atomic mass is 16.4. The number of carboxylic acids is 2. The van der Waals surface area contributed by atoms with Crippen LogP contribution in [0, 0.1) is 5.92 Å². The first-order valence-electron chi connectivity index (χ1n) is 11.2. The van der Waals surface area contributed by atoms with Crippen LogP contribution >= 0.6 is 0 Å². The zero-order chi connectivity index (χ0) is 27.4. The highest BCUT2D eigenvalue weighted by Gasteiger charge is 2.33. The number of primary amides is 1. The zero-order valence-electron chi connectivity index (χ0n) is 20.0. The molecule has 0 aromatic carbocycles. The number of carboxylic acid groups (broad SMARTS) is 2. The predicted octanol–water partition coefficient (Wildman–Crippen LogP) is -2.40. The monoisotopic (exact) mass is 511 g/mol. The van der Waals surface area contributed by atoms with E-state index in [9.17, 15) is 33.9 Å². The SMILES string of the molecule is CCC(C)C(NC(=O)C(CCC(=O)O)NC(=O)C(N)CC(N)=O)C(=O)NC(Cc1cnc[nH]1)C(=O)O. The van der Waals surface area contributed by atoms with Crippen LogP contribution in [0.1, 0.15) is 45.2 Å². The number of hydrogen-bond donors (Lipinski definition) is 8. The van der Waals surface area contributed by atoms with Crippen LogP contribution in [0.3, 0.4) is 0 Å². The number of carbonyl (C=O) groups excluding carboxylic acids is 4. The van der Waals surface area contributed by atoms with Crippen molar-refractivity contribution in [2.45, 2.75) is 70.1 Å². The Morgan fingerprint density at radius 1 is 1.03 bits per heavy atom. The van der Waals surface area contributed by atoms with Gasteiger partial charge in [0.2, 0.25) is 23.6 Å². The van der Waals surface area contributed by atoms with Gasteiger partial charge in [-0.05, 0) is 12.3 Å². The fraction of sp³-hybridized carbons (Fsp3) is 0.571. The number of nitrogens with two attached hydrogens (primary N) is 2. The van der Waals surface area contributed by atoms with Crippen LogP contribution in [0.25, 0.3) is 0 Å². The summed E-state index contributed by atoms with van der Waals surface area (Å²) in [5.41, 5.74) is 11.1. The molecule has 15 heteroatoms. The number of nitrogens with one attached hydrogen (secondary N) is 4. The van der Waals surface area contributed by atoms with Crippen molar-refractivity contribution in [2.24, 2.45) is 17.4 Å². The highest BCUT2D eigenvalue weighted by Crippen LogP contribution is 2.11. The van der Waals surface area contributed by atoms with Crippen molar-refractivity contribution >= 4 is 35.6 Å². The van der Waals surface area contributed by atoms with E-state index in [2.05, 4.69) is 25.9 Å². The van der Waals surface area contributed by atoms with Crippen molar-refractivity contribution in [3.05, 3.63) is 18.2 Å². The Bertz CT molecular complexity index is 937. The van der Waals surface area contributed by atoms with Crippen LogP contribution in [0.2, 0.25) is 0 Å². The number of aromatic amines is 1. The van der Waals surface area contributed by atoms with Gasteiger partial charge in [-0.1, -0.05) is 20.3 Å². The van der Waals surface area contributed by atoms with Crippen molar-refractivity contribution in [1.82, 2.24) is 25.9 Å². The lowest BCUT2D eigenvalue weighted by atomic mass is 9.96. The lowest BCUT2D eigenvalue weighted by molar-refractivity contribution is -0.142. The second-order valence-electron chi connectivity index (χ2n) is 8.32. The van der Waals surface area contributed by atoms with E-state index in [0.29, 0.717) is 12.1 Å². The molecular formula is C21H33N7O8. The molecule has 0 bridgehead atoms. The molecule has 1 aromatic heterocycles. The van der Waals surface area contributed by atoms with E-state index in [0.717, 1.165) is 0 Å². The van der Waals surface area contributed by atoms with Gasteiger partial charge in [-0.2, -0.15) is 0 Å². The maximum absolute atomic E-state index is 13.0. The van der Waals surface area contributed by atoms with Crippen molar-refractivity contribution < 1.29 is 39.0 Å². The van der Waals surface area contributed by atoms with Gasteiger partial charge in [-0.25, -0.2) is 9.78 Å². The molecule has 1 aromatic rings. The fourth-order valence-corrected chi connectivity index (χ4v) is 3.16. The minimum atomic E-state index is -1.40. The number of amides is 4. The second kappa shape index (κ2) is 14.4. The van der Waals surface area contributed by atoms with E-state index < -0.39 is 78.5 Å². The third-order valence-corrected chi connectivity index (χ3v) is 5.42. The predicted molar refractivity (Wildman–Crippen MR) is 124 cm³/mol. The van der Waals surface area contributed by atoms with Crippen molar-refractivity contribution in [1.29, 1.82) is 0 Å². The molecule has 200 valence electrons. The van der Waals surface area contributed by atoms with Gasteiger partial charge in [-0.3, -0.25) is 24.0 Å². The van der Waals surface area contributed by atoms with Gasteiger partial charge in [0.15, 0.2) is 0 Å². The number of carbonyl (C=O) groups is 6. The van der Waals surface area contributed by atoms with E-state index in [4.69, 9.17) is 16.6 Å². The average molecular weight is 512 g/mol. The van der Waals surface area contributed by atoms with Crippen molar-refractivity contribution in [2.75, 3.05) is 0 Å². The number of H-pyrrole nitrogens is 1. The maximum Gasteiger partial charge on any atom is 0.326 e. The highest BCUT2D eigenvalue weighted by molar-refractivity contribution is 5.95. The number of hydrogen-bond acceptors (Lipinski definition) is 8. The molecule has 0 saturated heterocycles. The summed E-state index contributed by atoms with van der Waals surface area (Å²) in [4.78, 5) is 78.6. The lowest BCUT2D eigenvalue weighted by Gasteiger charge is -2.28. The molecule has 0 aliphatic rings. The Kier molecular flexibility index (Phi) is 12.0. The molecule has 0 aliphatic heterocycles. The van der Waals surface area contributed by atoms with Crippen LogP contribution in [0.5, 0.6) is 0 Å². The third-order valence-electron chi connectivity index (χ3n) is 5.42. The van der Waals surface area contributed by atoms with E-state index in [-0.39, 0.29) is 12.8 Å². The van der Waals surface area contributed by atoms with Crippen LogP contribution < -0.4 is 27.4 Å². The first kappa shape index (κ1) is 30.0. The molecule has 1 rings (SSSR count). The number of nitrogens with zero attached hydrogens (tertiary/aromatic N) is 1. The number of imidazole rings is 1. The average Bonchev–Trinajstić information content (AvgIpc) is 3.31. The summed E-state index contributed by atoms with van der Waals surface area (Å²) in [6, 6.07) is -5.28. The maximum atomic E-state index is 13.0. The molecule has 0 saturated carbocycles. The molecular weight excluding hydrogens is 478 g/mol. The van der Waals surface area contributed by atoms with Gasteiger partial charge >= 0.3 is 11.9 Å². The summed E-state index contributed by atoms with van der Waals surface area (Å²) < 4.78 is 0. The van der Waals surface area contributed by atoms with E-state index in [1.165, 1.54) is 12.5 Å². The Morgan fingerprint density at radius 2 is 1.67 bits per heavy atom. The summed E-state index contributed by atoms with van der Waals surface area (Å²) in [6.45, 7) is 3.41. The van der Waals surface area contributed by atoms with Gasteiger partial charge in [0.1, 0.15) is 18.1 Å². The molecule has 5 unspecified atom stereocenters. The molecule has 15 nitrogen and oxygen atoms in total. The summed E-state index contributed by atoms with van der Waals surface area (Å²) in [5, 5.41) is 25.7. The Balaban J connectivity index is 3.03. The van der Waals surface area contributed by atoms with Crippen molar-refractivity contribution in [3.63, 3.8) is 0 Å². The minimum Gasteiger partial charge on any atom is -0.481 e. The third kappa shape index (κ3) is 10.1. The fourth-order valence-electron chi connectivity index (χ4n) is 3.16. The molecule has 0 fully saturated rings. The smallest absolute Gasteiger partial charge is 0.326 e. The quantitative estimate of drug-likeness (QED) is 0.117. The topological polar surface area (TPSA) is 260 Å². The summed E-state index contributed by atoms with van der Waals surface area (Å²) in [5.74, 6) is -6.40. The van der Waals surface area contributed by atoms with Gasteiger partial charge in [0, 0.05) is 24.7 Å². The molecule has 0 radical (unpaired) electrons. The largest absolute Gasteiger partial charge is 0.481 e. The van der Waals surface area contributed by atoms with Gasteiger partial charge in [-0.15, -0.1) is 0 Å². The van der Waals surface area contributed by atoms with Gasteiger partial charge in [0.05, 0.1) is 18.8 Å². The number of aliphatic carboxylic acids is 2. The summed E-state index contributed by atoms with van der Waals surface area (Å²) >= 11 is 0. The first-order chi connectivity index (χ1) is 16.8. The second-order valence-corrected chi connectivity index (χ2v) is 8.32. The van der Waals surface area contributed by atoms with Crippen LogP contribution in [0.4, 0.5) is 0 Å². The van der Waals surface area contributed by atoms with Crippen LogP contribution in [-0.2, 0) is 35.2 Å². The zero-order valence-corrected chi connectivity index (χ0v) is 20.0. The van der Waals surface area contributed by atoms with E-state index in [1.807, 2.05) is 0 Å². The van der Waals surface area contributed by atoms with Crippen LogP contribution in [0.15, 0.2) is 12.5 Å². The first-order valence-corrected chi connectivity index (χ1v) is 11.2. The van der Waals surface area contributed by atoms with E-state index >= 15 is 0 Å².